The molecule has 4 heteroatoms. The van der Waals surface area contributed by atoms with Gasteiger partial charge in [0.25, 0.3) is 0 Å². The van der Waals surface area contributed by atoms with Crippen LogP contribution in [0.2, 0.25) is 0 Å². The minimum atomic E-state index is 0.275. The molecular weight excluding hydrogens is 250 g/mol. The normalized spacial score (nSPS) is 25.1. The highest BCUT2D eigenvalue weighted by Crippen LogP contribution is 2.30. The molecular formula is C16H27N3O. The number of likely N-dealkylation sites (tertiary alicyclic amines) is 1. The minimum absolute atomic E-state index is 0.275. The molecule has 0 aliphatic carbocycles. The number of ether oxygens (including phenoxy) is 1. The summed E-state index contributed by atoms with van der Waals surface area (Å²) in [6.07, 6.45) is 0. The van der Waals surface area contributed by atoms with Gasteiger partial charge in [-0.25, -0.2) is 0 Å². The molecule has 0 radical (unpaired) electrons. The highest BCUT2D eigenvalue weighted by molar-refractivity contribution is 5.31. The maximum atomic E-state index is 6.05. The van der Waals surface area contributed by atoms with Gasteiger partial charge in [0.15, 0.2) is 0 Å². The Labute approximate surface area is 122 Å². The maximum absolute atomic E-state index is 6.05. The van der Waals surface area contributed by atoms with Crippen LogP contribution in [0.4, 0.5) is 0 Å². The third kappa shape index (κ3) is 3.14. The second-order valence-electron chi connectivity index (χ2n) is 5.99. The minimum Gasteiger partial charge on any atom is -0.497 e. The number of hydrogen-bond donors (Lipinski definition) is 1. The predicted molar refractivity (Wildman–Crippen MR) is 83.0 cm³/mol. The number of rotatable bonds is 5. The van der Waals surface area contributed by atoms with Crippen molar-refractivity contribution in [2.75, 3.05) is 40.8 Å². The topological polar surface area (TPSA) is 41.7 Å². The fourth-order valence-electron chi connectivity index (χ4n) is 3.26. The van der Waals surface area contributed by atoms with Crippen LogP contribution in [0.15, 0.2) is 24.3 Å². The lowest BCUT2D eigenvalue weighted by Crippen LogP contribution is -2.36. The molecule has 4 nitrogen and oxygen atoms in total. The summed E-state index contributed by atoms with van der Waals surface area (Å²) in [6, 6.07) is 9.15. The van der Waals surface area contributed by atoms with Crippen LogP contribution in [-0.4, -0.2) is 56.7 Å². The molecule has 1 heterocycles. The lowest BCUT2D eigenvalue weighted by atomic mass is 10.1. The first-order chi connectivity index (χ1) is 9.56. The van der Waals surface area contributed by atoms with E-state index in [0.29, 0.717) is 18.5 Å². The SMILES string of the molecule is COc1cccc(C(CN)N2CC(C)C(N(C)C)C2)c1. The fourth-order valence-corrected chi connectivity index (χ4v) is 3.26. The molecule has 1 fully saturated rings. The summed E-state index contributed by atoms with van der Waals surface area (Å²) in [7, 11) is 6.03. The Morgan fingerprint density at radius 2 is 2.15 bits per heavy atom. The highest BCUT2D eigenvalue weighted by atomic mass is 16.5. The van der Waals surface area contributed by atoms with Crippen molar-refractivity contribution in [2.45, 2.75) is 19.0 Å². The van der Waals surface area contributed by atoms with E-state index in [-0.39, 0.29) is 6.04 Å². The number of nitrogens with zero attached hydrogens (tertiary/aromatic N) is 2. The quantitative estimate of drug-likeness (QED) is 0.887. The van der Waals surface area contributed by atoms with Crippen molar-refractivity contribution < 1.29 is 4.74 Å². The van der Waals surface area contributed by atoms with Gasteiger partial charge in [-0.3, -0.25) is 4.90 Å². The number of methoxy groups -OCH3 is 1. The van der Waals surface area contributed by atoms with Crippen LogP contribution in [0.3, 0.4) is 0 Å². The molecule has 1 aliphatic rings. The van der Waals surface area contributed by atoms with Gasteiger partial charge in [-0.1, -0.05) is 19.1 Å². The monoisotopic (exact) mass is 277 g/mol. The molecule has 0 saturated carbocycles. The lowest BCUT2D eigenvalue weighted by Gasteiger charge is -2.28. The number of likely N-dealkylation sites (N-methyl/N-ethyl adjacent to an activating group) is 1. The molecule has 1 aromatic carbocycles. The summed E-state index contributed by atoms with van der Waals surface area (Å²) in [6.45, 7) is 5.14. The van der Waals surface area contributed by atoms with E-state index in [2.05, 4.69) is 43.0 Å². The van der Waals surface area contributed by atoms with Crippen LogP contribution >= 0.6 is 0 Å². The average molecular weight is 277 g/mol. The largest absolute Gasteiger partial charge is 0.497 e. The van der Waals surface area contributed by atoms with Gasteiger partial charge < -0.3 is 15.4 Å². The smallest absolute Gasteiger partial charge is 0.119 e. The van der Waals surface area contributed by atoms with E-state index < -0.39 is 0 Å². The van der Waals surface area contributed by atoms with Gasteiger partial charge in [0.2, 0.25) is 0 Å². The molecule has 1 aromatic rings. The molecule has 20 heavy (non-hydrogen) atoms. The summed E-state index contributed by atoms with van der Waals surface area (Å²) >= 11 is 0. The van der Waals surface area contributed by atoms with E-state index in [1.165, 1.54) is 5.56 Å². The van der Waals surface area contributed by atoms with Gasteiger partial charge in [0, 0.05) is 31.7 Å². The van der Waals surface area contributed by atoms with Crippen molar-refractivity contribution in [3.63, 3.8) is 0 Å². The Hall–Kier alpha value is -1.10. The van der Waals surface area contributed by atoms with Gasteiger partial charge >= 0.3 is 0 Å². The van der Waals surface area contributed by atoms with Gasteiger partial charge in [-0.05, 0) is 37.7 Å². The fraction of sp³-hybridized carbons (Fsp3) is 0.625. The van der Waals surface area contributed by atoms with Crippen LogP contribution in [0.1, 0.15) is 18.5 Å². The Morgan fingerprint density at radius 1 is 1.40 bits per heavy atom. The highest BCUT2D eigenvalue weighted by Gasteiger charge is 2.34. The second kappa shape index (κ2) is 6.57. The van der Waals surface area contributed by atoms with E-state index in [9.17, 15) is 0 Å². The number of benzene rings is 1. The van der Waals surface area contributed by atoms with E-state index in [1.54, 1.807) is 7.11 Å². The Morgan fingerprint density at radius 3 is 2.70 bits per heavy atom. The molecule has 0 spiro atoms. The van der Waals surface area contributed by atoms with Crippen molar-refractivity contribution in [1.29, 1.82) is 0 Å². The van der Waals surface area contributed by atoms with Crippen LogP contribution < -0.4 is 10.5 Å². The second-order valence-corrected chi connectivity index (χ2v) is 5.99. The Balaban J connectivity index is 2.16. The zero-order chi connectivity index (χ0) is 14.7. The van der Waals surface area contributed by atoms with Crippen molar-refractivity contribution in [2.24, 2.45) is 11.7 Å². The lowest BCUT2D eigenvalue weighted by molar-refractivity contribution is 0.219. The molecule has 0 bridgehead atoms. The first kappa shape index (κ1) is 15.3. The molecule has 1 aliphatic heterocycles. The Kier molecular flexibility index (Phi) is 5.02. The first-order valence-corrected chi connectivity index (χ1v) is 7.31. The number of nitrogens with two attached hydrogens (primary N) is 1. The van der Waals surface area contributed by atoms with Gasteiger partial charge in [-0.2, -0.15) is 0 Å². The number of hydrogen-bond acceptors (Lipinski definition) is 4. The summed E-state index contributed by atoms with van der Waals surface area (Å²) in [5.41, 5.74) is 7.30. The molecule has 2 N–H and O–H groups in total. The van der Waals surface area contributed by atoms with Gasteiger partial charge in [-0.15, -0.1) is 0 Å². The van der Waals surface area contributed by atoms with Crippen LogP contribution in [0.5, 0.6) is 5.75 Å². The summed E-state index contributed by atoms with van der Waals surface area (Å²) in [4.78, 5) is 4.83. The third-order valence-electron chi connectivity index (χ3n) is 4.41. The van der Waals surface area contributed by atoms with Crippen LogP contribution in [0.25, 0.3) is 0 Å². The van der Waals surface area contributed by atoms with Gasteiger partial charge in [0.1, 0.15) is 5.75 Å². The van der Waals surface area contributed by atoms with E-state index >= 15 is 0 Å². The molecule has 3 atom stereocenters. The average Bonchev–Trinajstić information content (AvgIpc) is 2.82. The molecule has 0 amide bonds. The summed E-state index contributed by atoms with van der Waals surface area (Å²) in [5.74, 6) is 1.57. The first-order valence-electron chi connectivity index (χ1n) is 7.31. The molecule has 2 rings (SSSR count). The third-order valence-corrected chi connectivity index (χ3v) is 4.41. The summed E-state index contributed by atoms with van der Waals surface area (Å²) in [5, 5.41) is 0. The van der Waals surface area contributed by atoms with E-state index in [4.69, 9.17) is 10.5 Å². The maximum Gasteiger partial charge on any atom is 0.119 e. The zero-order valence-electron chi connectivity index (χ0n) is 13.0. The zero-order valence-corrected chi connectivity index (χ0v) is 13.0. The Bertz CT molecular complexity index is 435. The molecule has 3 unspecified atom stereocenters. The van der Waals surface area contributed by atoms with Crippen LogP contribution in [0, 0.1) is 5.92 Å². The molecule has 0 aromatic heterocycles. The standard InChI is InChI=1S/C16H27N3O/c1-12-10-19(11-16(12)18(2)3)15(9-17)13-6-5-7-14(8-13)20-4/h5-8,12,15-16H,9-11,17H2,1-4H3. The van der Waals surface area contributed by atoms with Crippen molar-refractivity contribution in [3.05, 3.63) is 29.8 Å². The predicted octanol–water partition coefficient (Wildman–Crippen LogP) is 1.58. The van der Waals surface area contributed by atoms with Crippen molar-refractivity contribution in [1.82, 2.24) is 9.80 Å². The van der Waals surface area contributed by atoms with E-state index in [1.807, 2.05) is 12.1 Å². The van der Waals surface area contributed by atoms with Crippen molar-refractivity contribution in [3.8, 4) is 5.75 Å². The molecule has 1 saturated heterocycles. The summed E-state index contributed by atoms with van der Waals surface area (Å²) < 4.78 is 5.33. The van der Waals surface area contributed by atoms with Crippen LogP contribution in [-0.2, 0) is 0 Å². The van der Waals surface area contributed by atoms with E-state index in [0.717, 1.165) is 18.8 Å². The molecule has 112 valence electrons. The van der Waals surface area contributed by atoms with Crippen molar-refractivity contribution >= 4 is 0 Å². The van der Waals surface area contributed by atoms with Gasteiger partial charge in [0.05, 0.1) is 7.11 Å².